The van der Waals surface area contributed by atoms with E-state index in [1.807, 2.05) is 0 Å². The van der Waals surface area contributed by atoms with Crippen LogP contribution in [0.1, 0.15) is 52.5 Å². The molecule has 0 aromatic heterocycles. The summed E-state index contributed by atoms with van der Waals surface area (Å²) < 4.78 is 6.32. The highest BCUT2D eigenvalue weighted by Crippen LogP contribution is 2.32. The van der Waals surface area contributed by atoms with Gasteiger partial charge in [-0.25, -0.2) is 0 Å². The fraction of sp³-hybridized carbons (Fsp3) is 0.684. The van der Waals surface area contributed by atoms with Gasteiger partial charge in [-0.15, -0.1) is 0 Å². The molecule has 3 atom stereocenters. The molecular weight excluding hydrogens is 258 g/mol. The molecule has 0 bridgehead atoms. The molecule has 1 aromatic rings. The molecule has 0 heterocycles. The maximum Gasteiger partial charge on any atom is 0.124 e. The molecule has 2 rings (SSSR count). The van der Waals surface area contributed by atoms with Crippen LogP contribution in [0.15, 0.2) is 24.3 Å². The van der Waals surface area contributed by atoms with Crippen molar-refractivity contribution >= 4 is 0 Å². The average Bonchev–Trinajstić information content (AvgIpc) is 2.44. The zero-order valence-corrected chi connectivity index (χ0v) is 14.1. The van der Waals surface area contributed by atoms with Crippen LogP contribution in [0.25, 0.3) is 0 Å². The molecule has 1 N–H and O–H groups in total. The minimum Gasteiger partial charge on any atom is -0.490 e. The molecule has 1 saturated carbocycles. The molecule has 2 heteroatoms. The van der Waals surface area contributed by atoms with Crippen LogP contribution < -0.4 is 10.1 Å². The van der Waals surface area contributed by atoms with E-state index in [0.29, 0.717) is 12.0 Å². The molecule has 1 aliphatic carbocycles. The van der Waals surface area contributed by atoms with E-state index in [1.54, 1.807) is 0 Å². The maximum atomic E-state index is 6.32. The number of nitrogens with one attached hydrogen (secondary N) is 1. The number of benzene rings is 1. The van der Waals surface area contributed by atoms with Gasteiger partial charge < -0.3 is 10.1 Å². The van der Waals surface area contributed by atoms with E-state index < -0.39 is 0 Å². The number of ether oxygens (including phenoxy) is 1. The molecule has 1 aliphatic rings. The molecule has 0 radical (unpaired) electrons. The van der Waals surface area contributed by atoms with Gasteiger partial charge in [0.25, 0.3) is 0 Å². The highest BCUT2D eigenvalue weighted by atomic mass is 16.5. The predicted octanol–water partition coefficient (Wildman–Crippen LogP) is 4.64. The Morgan fingerprint density at radius 1 is 1.14 bits per heavy atom. The molecule has 1 aromatic carbocycles. The summed E-state index contributed by atoms with van der Waals surface area (Å²) in [6.45, 7) is 11.1. The Kier molecular flexibility index (Phi) is 6.10. The van der Waals surface area contributed by atoms with E-state index in [4.69, 9.17) is 4.74 Å². The molecule has 0 amide bonds. The van der Waals surface area contributed by atoms with Crippen molar-refractivity contribution in [3.8, 4) is 5.75 Å². The van der Waals surface area contributed by atoms with Gasteiger partial charge in [-0.05, 0) is 49.6 Å². The lowest BCUT2D eigenvalue weighted by atomic mass is 9.80. The third-order valence-electron chi connectivity index (χ3n) is 4.68. The first-order valence-electron chi connectivity index (χ1n) is 8.51. The van der Waals surface area contributed by atoms with Gasteiger partial charge in [0, 0.05) is 12.1 Å². The van der Waals surface area contributed by atoms with Crippen LogP contribution >= 0.6 is 0 Å². The summed E-state index contributed by atoms with van der Waals surface area (Å²) in [6.07, 6.45) is 4.07. The van der Waals surface area contributed by atoms with Gasteiger partial charge in [-0.1, -0.05) is 45.9 Å². The third-order valence-corrected chi connectivity index (χ3v) is 4.68. The first-order chi connectivity index (χ1) is 10.1. The number of rotatable bonds is 6. The topological polar surface area (TPSA) is 21.3 Å². The van der Waals surface area contributed by atoms with E-state index in [0.717, 1.165) is 30.7 Å². The van der Waals surface area contributed by atoms with Crippen LogP contribution in [0.2, 0.25) is 0 Å². The number of hydrogen-bond acceptors (Lipinski definition) is 2. The maximum absolute atomic E-state index is 6.32. The Morgan fingerprint density at radius 2 is 1.90 bits per heavy atom. The lowest BCUT2D eigenvalue weighted by Gasteiger charge is -2.32. The molecule has 2 nitrogen and oxygen atoms in total. The zero-order valence-electron chi connectivity index (χ0n) is 14.1. The van der Waals surface area contributed by atoms with Crippen molar-refractivity contribution in [3.05, 3.63) is 29.8 Å². The summed E-state index contributed by atoms with van der Waals surface area (Å²) in [5, 5.41) is 3.51. The molecule has 21 heavy (non-hydrogen) atoms. The zero-order chi connectivity index (χ0) is 15.2. The molecular formula is C19H31NO. The second-order valence-corrected chi connectivity index (χ2v) is 7.14. The summed E-state index contributed by atoms with van der Waals surface area (Å²) in [4.78, 5) is 0. The van der Waals surface area contributed by atoms with Gasteiger partial charge in [-0.2, -0.15) is 0 Å². The SMILES string of the molecule is CC(C)CNCc1ccccc1OC1CCC(C)C(C)C1. The summed E-state index contributed by atoms with van der Waals surface area (Å²) in [5.74, 6) is 3.36. The lowest BCUT2D eigenvalue weighted by Crippen LogP contribution is -2.29. The van der Waals surface area contributed by atoms with E-state index in [1.165, 1.54) is 24.8 Å². The van der Waals surface area contributed by atoms with Crippen LogP contribution in [-0.4, -0.2) is 12.6 Å². The van der Waals surface area contributed by atoms with Gasteiger partial charge in [0.15, 0.2) is 0 Å². The van der Waals surface area contributed by atoms with Gasteiger partial charge in [0.2, 0.25) is 0 Å². The van der Waals surface area contributed by atoms with Gasteiger partial charge in [-0.3, -0.25) is 0 Å². The Balaban J connectivity index is 1.93. The van der Waals surface area contributed by atoms with Crippen molar-refractivity contribution in [2.75, 3.05) is 6.54 Å². The average molecular weight is 289 g/mol. The van der Waals surface area contributed by atoms with Crippen LogP contribution in [0.5, 0.6) is 5.75 Å². The normalized spacial score (nSPS) is 26.0. The minimum absolute atomic E-state index is 0.391. The fourth-order valence-electron chi connectivity index (χ4n) is 3.05. The molecule has 1 fully saturated rings. The Bertz CT molecular complexity index is 429. The van der Waals surface area contributed by atoms with Crippen LogP contribution in [0.4, 0.5) is 0 Å². The van der Waals surface area contributed by atoms with E-state index in [2.05, 4.69) is 57.3 Å². The van der Waals surface area contributed by atoms with Gasteiger partial charge in [0.1, 0.15) is 5.75 Å². The predicted molar refractivity (Wildman–Crippen MR) is 89.6 cm³/mol. The fourth-order valence-corrected chi connectivity index (χ4v) is 3.05. The van der Waals surface area contributed by atoms with Crippen LogP contribution in [0.3, 0.4) is 0 Å². The minimum atomic E-state index is 0.391. The standard InChI is InChI=1S/C19H31NO/c1-14(2)12-20-13-17-7-5-6-8-19(17)21-18-10-9-15(3)16(4)11-18/h5-8,14-16,18,20H,9-13H2,1-4H3. The summed E-state index contributed by atoms with van der Waals surface area (Å²) in [7, 11) is 0. The first-order valence-corrected chi connectivity index (χ1v) is 8.51. The third kappa shape index (κ3) is 5.03. The molecule has 0 spiro atoms. The molecule has 0 aliphatic heterocycles. The highest BCUT2D eigenvalue weighted by Gasteiger charge is 2.26. The Labute approximate surface area is 130 Å². The Hall–Kier alpha value is -1.02. The van der Waals surface area contributed by atoms with Crippen LogP contribution in [0, 0.1) is 17.8 Å². The lowest BCUT2D eigenvalue weighted by molar-refractivity contribution is 0.0996. The highest BCUT2D eigenvalue weighted by molar-refractivity contribution is 5.33. The van der Waals surface area contributed by atoms with Gasteiger partial charge >= 0.3 is 0 Å². The molecule has 3 unspecified atom stereocenters. The van der Waals surface area contributed by atoms with Crippen molar-refractivity contribution in [1.29, 1.82) is 0 Å². The van der Waals surface area contributed by atoms with Crippen LogP contribution in [-0.2, 0) is 6.54 Å². The Morgan fingerprint density at radius 3 is 2.62 bits per heavy atom. The first kappa shape index (κ1) is 16.4. The summed E-state index contributed by atoms with van der Waals surface area (Å²) in [5.41, 5.74) is 1.28. The second-order valence-electron chi connectivity index (χ2n) is 7.14. The quantitative estimate of drug-likeness (QED) is 0.824. The van der Waals surface area contributed by atoms with E-state index in [9.17, 15) is 0 Å². The monoisotopic (exact) mass is 289 g/mol. The largest absolute Gasteiger partial charge is 0.490 e. The summed E-state index contributed by atoms with van der Waals surface area (Å²) in [6, 6.07) is 8.48. The van der Waals surface area contributed by atoms with E-state index >= 15 is 0 Å². The van der Waals surface area contributed by atoms with Crippen molar-refractivity contribution in [1.82, 2.24) is 5.32 Å². The van der Waals surface area contributed by atoms with Gasteiger partial charge in [0.05, 0.1) is 6.10 Å². The number of para-hydroxylation sites is 1. The number of hydrogen-bond donors (Lipinski definition) is 1. The van der Waals surface area contributed by atoms with Crippen molar-refractivity contribution in [3.63, 3.8) is 0 Å². The molecule has 118 valence electrons. The van der Waals surface area contributed by atoms with E-state index in [-0.39, 0.29) is 0 Å². The van der Waals surface area contributed by atoms with Crippen molar-refractivity contribution in [2.45, 2.75) is 59.6 Å². The summed E-state index contributed by atoms with van der Waals surface area (Å²) >= 11 is 0. The van der Waals surface area contributed by atoms with Crippen molar-refractivity contribution in [2.24, 2.45) is 17.8 Å². The van der Waals surface area contributed by atoms with Crippen molar-refractivity contribution < 1.29 is 4.74 Å². The smallest absolute Gasteiger partial charge is 0.124 e. The molecule has 0 saturated heterocycles. The second kappa shape index (κ2) is 7.84.